The van der Waals surface area contributed by atoms with Gasteiger partial charge >= 0.3 is 0 Å². The van der Waals surface area contributed by atoms with Gasteiger partial charge in [-0.1, -0.05) is 26.2 Å². The predicted molar refractivity (Wildman–Crippen MR) is 74.2 cm³/mol. The lowest BCUT2D eigenvalue weighted by atomic mass is 9.75. The maximum atomic E-state index is 5.86. The summed E-state index contributed by atoms with van der Waals surface area (Å²) in [5, 5.41) is 0. The Kier molecular flexibility index (Phi) is 5.01. The second kappa shape index (κ2) is 6.33. The topological polar surface area (TPSA) is 50.5 Å². The Morgan fingerprint density at radius 1 is 1.39 bits per heavy atom. The molecule has 1 saturated carbocycles. The number of hydrazine groups is 1. The molecule has 2 atom stereocenters. The first-order valence-electron chi connectivity index (χ1n) is 7.49. The van der Waals surface area contributed by atoms with Crippen molar-refractivity contribution in [3.63, 3.8) is 0 Å². The number of nitrogens with one attached hydrogen (secondary N) is 1. The third-order valence-electron chi connectivity index (χ3n) is 5.19. The Morgan fingerprint density at radius 3 is 2.50 bits per heavy atom. The molecule has 2 aliphatic rings. The first kappa shape index (κ1) is 14.3. The zero-order chi connectivity index (χ0) is 13.0. The fraction of sp³-hybridized carbons (Fsp3) is 1.00. The van der Waals surface area contributed by atoms with Gasteiger partial charge < -0.3 is 4.74 Å². The van der Waals surface area contributed by atoms with Crippen LogP contribution in [0, 0.1) is 5.92 Å². The van der Waals surface area contributed by atoms with E-state index in [4.69, 9.17) is 10.6 Å². The van der Waals surface area contributed by atoms with E-state index in [0.29, 0.717) is 6.04 Å². The van der Waals surface area contributed by atoms with Crippen LogP contribution in [0.15, 0.2) is 0 Å². The Bertz CT molecular complexity index is 251. The van der Waals surface area contributed by atoms with E-state index in [1.807, 2.05) is 0 Å². The Morgan fingerprint density at radius 2 is 2.06 bits per heavy atom. The van der Waals surface area contributed by atoms with Gasteiger partial charge in [-0.05, 0) is 25.7 Å². The average molecular weight is 255 g/mol. The summed E-state index contributed by atoms with van der Waals surface area (Å²) in [6.45, 7) is 8.43. The predicted octanol–water partition coefficient (Wildman–Crippen LogP) is 1.51. The minimum Gasteiger partial charge on any atom is -0.379 e. The monoisotopic (exact) mass is 255 g/mol. The summed E-state index contributed by atoms with van der Waals surface area (Å²) in [4.78, 5) is 2.57. The molecule has 1 heterocycles. The highest BCUT2D eigenvalue weighted by molar-refractivity contribution is 4.97. The minimum atomic E-state index is 0.161. The molecule has 0 radical (unpaired) electrons. The summed E-state index contributed by atoms with van der Waals surface area (Å²) in [7, 11) is 0. The molecule has 4 heteroatoms. The Labute approximate surface area is 111 Å². The molecule has 1 saturated heterocycles. The van der Waals surface area contributed by atoms with Crippen LogP contribution >= 0.6 is 0 Å². The van der Waals surface area contributed by atoms with E-state index in [9.17, 15) is 0 Å². The molecule has 3 N–H and O–H groups in total. The molecule has 2 unspecified atom stereocenters. The van der Waals surface area contributed by atoms with Crippen molar-refractivity contribution in [2.24, 2.45) is 11.8 Å². The second-order valence-corrected chi connectivity index (χ2v) is 6.06. The van der Waals surface area contributed by atoms with Crippen LogP contribution in [0.2, 0.25) is 0 Å². The lowest BCUT2D eigenvalue weighted by Gasteiger charge is -2.49. The molecular formula is C14H29N3O. The van der Waals surface area contributed by atoms with Gasteiger partial charge in [0.2, 0.25) is 0 Å². The van der Waals surface area contributed by atoms with Crippen LogP contribution in [-0.4, -0.2) is 42.8 Å². The van der Waals surface area contributed by atoms with Crippen LogP contribution in [-0.2, 0) is 4.74 Å². The van der Waals surface area contributed by atoms with E-state index in [1.54, 1.807) is 0 Å². The van der Waals surface area contributed by atoms with E-state index >= 15 is 0 Å². The highest BCUT2D eigenvalue weighted by Gasteiger charge is 2.40. The van der Waals surface area contributed by atoms with Crippen molar-refractivity contribution in [1.29, 1.82) is 0 Å². The minimum absolute atomic E-state index is 0.161. The number of ether oxygens (including phenoxy) is 1. The van der Waals surface area contributed by atoms with Crippen LogP contribution in [0.3, 0.4) is 0 Å². The highest BCUT2D eigenvalue weighted by Crippen LogP contribution is 2.35. The van der Waals surface area contributed by atoms with Crippen molar-refractivity contribution >= 4 is 0 Å². The normalized spacial score (nSPS) is 27.5. The Hall–Kier alpha value is -0.160. The zero-order valence-corrected chi connectivity index (χ0v) is 12.0. The van der Waals surface area contributed by atoms with Crippen LogP contribution in [0.25, 0.3) is 0 Å². The van der Waals surface area contributed by atoms with Gasteiger partial charge in [0, 0.05) is 24.7 Å². The van der Waals surface area contributed by atoms with Gasteiger partial charge in [0.25, 0.3) is 0 Å². The molecule has 0 amide bonds. The van der Waals surface area contributed by atoms with Crippen molar-refractivity contribution in [2.45, 2.75) is 57.5 Å². The van der Waals surface area contributed by atoms with Gasteiger partial charge in [0.15, 0.2) is 0 Å². The molecule has 0 aromatic carbocycles. The van der Waals surface area contributed by atoms with Gasteiger partial charge in [0.05, 0.1) is 13.2 Å². The Balaban J connectivity index is 2.01. The molecule has 0 aromatic rings. The molecule has 4 nitrogen and oxygen atoms in total. The van der Waals surface area contributed by atoms with E-state index in [0.717, 1.165) is 38.6 Å². The van der Waals surface area contributed by atoms with Crippen molar-refractivity contribution in [3.05, 3.63) is 0 Å². The SMILES string of the molecule is CCC(C)(C(CC1CCC1)NN)N1CCOCC1. The molecule has 1 aliphatic heterocycles. The summed E-state index contributed by atoms with van der Waals surface area (Å²) >= 11 is 0. The van der Waals surface area contributed by atoms with E-state index in [1.165, 1.54) is 25.7 Å². The van der Waals surface area contributed by atoms with Gasteiger partial charge in [-0.25, -0.2) is 0 Å². The van der Waals surface area contributed by atoms with Gasteiger partial charge in [-0.15, -0.1) is 0 Å². The molecule has 0 bridgehead atoms. The quantitative estimate of drug-likeness (QED) is 0.558. The van der Waals surface area contributed by atoms with Crippen molar-refractivity contribution in [3.8, 4) is 0 Å². The van der Waals surface area contributed by atoms with Gasteiger partial charge in [-0.3, -0.25) is 16.2 Å². The lowest BCUT2D eigenvalue weighted by molar-refractivity contribution is -0.0371. The maximum absolute atomic E-state index is 5.86. The molecule has 2 fully saturated rings. The zero-order valence-electron chi connectivity index (χ0n) is 12.0. The van der Waals surface area contributed by atoms with Crippen LogP contribution in [0.1, 0.15) is 46.0 Å². The summed E-state index contributed by atoms with van der Waals surface area (Å²) in [5.74, 6) is 6.75. The van der Waals surface area contributed by atoms with Gasteiger partial charge in [0.1, 0.15) is 0 Å². The maximum Gasteiger partial charge on any atom is 0.0594 e. The fourth-order valence-electron chi connectivity index (χ4n) is 3.33. The number of nitrogens with two attached hydrogens (primary N) is 1. The number of hydrogen-bond donors (Lipinski definition) is 2. The molecule has 106 valence electrons. The summed E-state index contributed by atoms with van der Waals surface area (Å²) < 4.78 is 5.47. The lowest BCUT2D eigenvalue weighted by Crippen LogP contribution is -2.63. The largest absolute Gasteiger partial charge is 0.379 e. The van der Waals surface area contributed by atoms with Crippen molar-refractivity contribution in [1.82, 2.24) is 10.3 Å². The van der Waals surface area contributed by atoms with E-state index < -0.39 is 0 Å². The molecule has 18 heavy (non-hydrogen) atoms. The van der Waals surface area contributed by atoms with Crippen molar-refractivity contribution < 1.29 is 4.74 Å². The summed E-state index contributed by atoms with van der Waals surface area (Å²) in [6.07, 6.45) is 6.54. The average Bonchev–Trinajstić information content (AvgIpc) is 2.38. The third-order valence-corrected chi connectivity index (χ3v) is 5.19. The van der Waals surface area contributed by atoms with E-state index in [2.05, 4.69) is 24.2 Å². The first-order chi connectivity index (χ1) is 8.70. The second-order valence-electron chi connectivity index (χ2n) is 6.06. The van der Waals surface area contributed by atoms with Crippen LogP contribution in [0.4, 0.5) is 0 Å². The molecule has 0 aromatic heterocycles. The number of nitrogens with zero attached hydrogens (tertiary/aromatic N) is 1. The number of morpholine rings is 1. The third kappa shape index (κ3) is 2.87. The highest BCUT2D eigenvalue weighted by atomic mass is 16.5. The summed E-state index contributed by atoms with van der Waals surface area (Å²) in [6, 6.07) is 0.394. The van der Waals surface area contributed by atoms with Crippen molar-refractivity contribution in [2.75, 3.05) is 26.3 Å². The first-order valence-corrected chi connectivity index (χ1v) is 7.49. The molecule has 1 aliphatic carbocycles. The smallest absolute Gasteiger partial charge is 0.0594 e. The molecule has 2 rings (SSSR count). The van der Waals surface area contributed by atoms with Crippen LogP contribution in [0.5, 0.6) is 0 Å². The molecular weight excluding hydrogens is 226 g/mol. The number of hydrogen-bond acceptors (Lipinski definition) is 4. The van der Waals surface area contributed by atoms with Gasteiger partial charge in [-0.2, -0.15) is 0 Å². The molecule has 0 spiro atoms. The number of rotatable bonds is 6. The van der Waals surface area contributed by atoms with E-state index in [-0.39, 0.29) is 5.54 Å². The standard InChI is InChI=1S/C14H29N3O/c1-3-14(2,17-7-9-18-10-8-17)13(16-15)11-12-5-4-6-12/h12-13,16H,3-11,15H2,1-2H3. The fourth-order valence-corrected chi connectivity index (χ4v) is 3.33. The summed E-state index contributed by atoms with van der Waals surface area (Å²) in [5.41, 5.74) is 3.27. The van der Waals surface area contributed by atoms with Crippen LogP contribution < -0.4 is 11.3 Å².